The molecule has 0 spiro atoms. The molecule has 2 rings (SSSR count). The first-order valence-electron chi connectivity index (χ1n) is 8.29. The summed E-state index contributed by atoms with van der Waals surface area (Å²) in [5.41, 5.74) is 0.196. The minimum absolute atomic E-state index is 0.0118. The van der Waals surface area contributed by atoms with Gasteiger partial charge in [0.05, 0.1) is 25.3 Å². The number of carbonyl (C=O) groups is 1. The third-order valence-corrected chi connectivity index (χ3v) is 4.57. The van der Waals surface area contributed by atoms with Crippen molar-refractivity contribution in [3.05, 3.63) is 30.3 Å². The second-order valence-electron chi connectivity index (χ2n) is 6.16. The molecule has 0 aromatic heterocycles. The first-order valence-corrected chi connectivity index (χ1v) is 8.29. The maximum atomic E-state index is 12.5. The SMILES string of the molecule is CCC(CO)N(CC(=O)NC1(C#N)CCCC1)c1ccccc1. The van der Waals surface area contributed by atoms with Crippen LogP contribution < -0.4 is 10.2 Å². The van der Waals surface area contributed by atoms with Crippen molar-refractivity contribution < 1.29 is 9.90 Å². The second kappa shape index (κ2) is 7.98. The standard InChI is InChI=1S/C18H25N3O2/c1-2-15(13-22)21(16-8-4-3-5-9-16)12-17(23)20-18(14-19)10-6-7-11-18/h3-5,8-9,15,22H,2,6-7,10-13H2,1H3,(H,20,23). The molecule has 1 fully saturated rings. The zero-order valence-corrected chi connectivity index (χ0v) is 13.7. The Morgan fingerprint density at radius 1 is 1.39 bits per heavy atom. The molecule has 0 radical (unpaired) electrons. The highest BCUT2D eigenvalue weighted by molar-refractivity contribution is 5.82. The minimum atomic E-state index is -0.708. The van der Waals surface area contributed by atoms with Crippen LogP contribution in [0.2, 0.25) is 0 Å². The smallest absolute Gasteiger partial charge is 0.240 e. The first kappa shape index (κ1) is 17.3. The highest BCUT2D eigenvalue weighted by Gasteiger charge is 2.35. The largest absolute Gasteiger partial charge is 0.394 e. The van der Waals surface area contributed by atoms with E-state index < -0.39 is 5.54 Å². The Balaban J connectivity index is 2.11. The van der Waals surface area contributed by atoms with Gasteiger partial charge in [-0.2, -0.15) is 5.26 Å². The van der Waals surface area contributed by atoms with E-state index in [-0.39, 0.29) is 25.1 Å². The van der Waals surface area contributed by atoms with Crippen molar-refractivity contribution in [3.63, 3.8) is 0 Å². The zero-order valence-electron chi connectivity index (χ0n) is 13.7. The predicted molar refractivity (Wildman–Crippen MR) is 89.9 cm³/mol. The lowest BCUT2D eigenvalue weighted by Crippen LogP contribution is -2.51. The molecule has 1 aliphatic carbocycles. The monoisotopic (exact) mass is 315 g/mol. The van der Waals surface area contributed by atoms with Crippen molar-refractivity contribution in [3.8, 4) is 6.07 Å². The molecule has 124 valence electrons. The average molecular weight is 315 g/mol. The Morgan fingerprint density at radius 2 is 2.04 bits per heavy atom. The van der Waals surface area contributed by atoms with Crippen LogP contribution in [0.3, 0.4) is 0 Å². The van der Waals surface area contributed by atoms with Crippen LogP contribution in [0.1, 0.15) is 39.0 Å². The summed E-state index contributed by atoms with van der Waals surface area (Å²) in [6.07, 6.45) is 4.13. The number of para-hydroxylation sites is 1. The molecule has 1 atom stereocenters. The van der Waals surface area contributed by atoms with E-state index >= 15 is 0 Å². The van der Waals surface area contributed by atoms with Crippen LogP contribution in [-0.4, -0.2) is 35.7 Å². The molecule has 1 aromatic carbocycles. The molecule has 1 unspecified atom stereocenters. The number of aliphatic hydroxyl groups is 1. The summed E-state index contributed by atoms with van der Waals surface area (Å²) < 4.78 is 0. The van der Waals surface area contributed by atoms with Gasteiger partial charge < -0.3 is 15.3 Å². The second-order valence-corrected chi connectivity index (χ2v) is 6.16. The summed E-state index contributed by atoms with van der Waals surface area (Å²) in [5, 5.41) is 21.9. The molecule has 1 saturated carbocycles. The van der Waals surface area contributed by atoms with Gasteiger partial charge in [-0.3, -0.25) is 4.79 Å². The van der Waals surface area contributed by atoms with Crippen LogP contribution in [-0.2, 0) is 4.79 Å². The van der Waals surface area contributed by atoms with E-state index in [4.69, 9.17) is 0 Å². The van der Waals surface area contributed by atoms with Crippen LogP contribution >= 0.6 is 0 Å². The van der Waals surface area contributed by atoms with E-state index in [1.165, 1.54) is 0 Å². The van der Waals surface area contributed by atoms with Gasteiger partial charge in [0.1, 0.15) is 5.54 Å². The van der Waals surface area contributed by atoms with Crippen LogP contribution in [0.25, 0.3) is 0 Å². The van der Waals surface area contributed by atoms with Crippen LogP contribution in [0.5, 0.6) is 0 Å². The third kappa shape index (κ3) is 4.23. The molecule has 1 aliphatic rings. The summed E-state index contributed by atoms with van der Waals surface area (Å²) in [5.74, 6) is -0.163. The summed E-state index contributed by atoms with van der Waals surface area (Å²) >= 11 is 0. The van der Waals surface area contributed by atoms with Crippen molar-refractivity contribution in [1.29, 1.82) is 5.26 Å². The maximum Gasteiger partial charge on any atom is 0.240 e. The van der Waals surface area contributed by atoms with E-state index in [0.29, 0.717) is 0 Å². The molecular weight excluding hydrogens is 290 g/mol. The maximum absolute atomic E-state index is 12.5. The Kier molecular flexibility index (Phi) is 6.00. The molecule has 0 heterocycles. The molecule has 1 aromatic rings. The van der Waals surface area contributed by atoms with E-state index in [1.807, 2.05) is 42.2 Å². The molecule has 5 nitrogen and oxygen atoms in total. The molecule has 23 heavy (non-hydrogen) atoms. The molecule has 0 aliphatic heterocycles. The van der Waals surface area contributed by atoms with Crippen molar-refractivity contribution in [2.75, 3.05) is 18.1 Å². The summed E-state index contributed by atoms with van der Waals surface area (Å²) in [7, 11) is 0. The Labute approximate surface area is 137 Å². The van der Waals surface area contributed by atoms with Crippen LogP contribution in [0.4, 0.5) is 5.69 Å². The van der Waals surface area contributed by atoms with Crippen molar-refractivity contribution in [2.45, 2.75) is 50.6 Å². The number of nitriles is 1. The number of hydrogen-bond acceptors (Lipinski definition) is 4. The lowest BCUT2D eigenvalue weighted by molar-refractivity contribution is -0.121. The molecular formula is C18H25N3O2. The number of rotatable bonds is 7. The molecule has 1 amide bonds. The van der Waals surface area contributed by atoms with Gasteiger partial charge in [0.25, 0.3) is 0 Å². The van der Waals surface area contributed by atoms with Gasteiger partial charge in [0.15, 0.2) is 0 Å². The molecule has 0 saturated heterocycles. The topological polar surface area (TPSA) is 76.4 Å². The van der Waals surface area contributed by atoms with E-state index in [0.717, 1.165) is 37.8 Å². The minimum Gasteiger partial charge on any atom is -0.394 e. The zero-order chi connectivity index (χ0) is 16.7. The lowest BCUT2D eigenvalue weighted by atomic mass is 10.00. The number of anilines is 1. The van der Waals surface area contributed by atoms with Gasteiger partial charge in [0.2, 0.25) is 5.91 Å². The van der Waals surface area contributed by atoms with Gasteiger partial charge in [-0.1, -0.05) is 25.1 Å². The average Bonchev–Trinajstić information content (AvgIpc) is 3.04. The number of amides is 1. The summed E-state index contributed by atoms with van der Waals surface area (Å²) in [4.78, 5) is 14.4. The van der Waals surface area contributed by atoms with Crippen molar-refractivity contribution in [2.24, 2.45) is 0 Å². The lowest BCUT2D eigenvalue weighted by Gasteiger charge is -2.32. The Bertz CT molecular complexity index is 543. The van der Waals surface area contributed by atoms with Gasteiger partial charge in [-0.15, -0.1) is 0 Å². The van der Waals surface area contributed by atoms with Crippen molar-refractivity contribution >= 4 is 11.6 Å². The number of carbonyl (C=O) groups excluding carboxylic acids is 1. The Morgan fingerprint density at radius 3 is 2.57 bits per heavy atom. The molecule has 5 heteroatoms. The van der Waals surface area contributed by atoms with E-state index in [1.54, 1.807) is 0 Å². The fraction of sp³-hybridized carbons (Fsp3) is 0.556. The normalized spacial score (nSPS) is 17.3. The van der Waals surface area contributed by atoms with Gasteiger partial charge in [-0.25, -0.2) is 0 Å². The molecule has 2 N–H and O–H groups in total. The van der Waals surface area contributed by atoms with Crippen molar-refractivity contribution in [1.82, 2.24) is 5.32 Å². The van der Waals surface area contributed by atoms with Gasteiger partial charge in [0, 0.05) is 5.69 Å². The highest BCUT2D eigenvalue weighted by atomic mass is 16.3. The number of aliphatic hydroxyl groups excluding tert-OH is 1. The number of hydrogen-bond donors (Lipinski definition) is 2. The van der Waals surface area contributed by atoms with E-state index in [9.17, 15) is 15.2 Å². The quantitative estimate of drug-likeness (QED) is 0.809. The first-order chi connectivity index (χ1) is 11.1. The third-order valence-electron chi connectivity index (χ3n) is 4.57. The highest BCUT2D eigenvalue weighted by Crippen LogP contribution is 2.29. The molecule has 0 bridgehead atoms. The predicted octanol–water partition coefficient (Wildman–Crippen LogP) is 2.22. The number of nitrogens with one attached hydrogen (secondary N) is 1. The fourth-order valence-corrected chi connectivity index (χ4v) is 3.20. The van der Waals surface area contributed by atoms with Gasteiger partial charge in [-0.05, 0) is 44.2 Å². The van der Waals surface area contributed by atoms with Crippen LogP contribution in [0.15, 0.2) is 30.3 Å². The number of nitrogens with zero attached hydrogens (tertiary/aromatic N) is 2. The fourth-order valence-electron chi connectivity index (χ4n) is 3.20. The Hall–Kier alpha value is -2.06. The summed E-state index contributed by atoms with van der Waals surface area (Å²) in [6, 6.07) is 11.8. The van der Waals surface area contributed by atoms with Crippen LogP contribution in [0, 0.1) is 11.3 Å². The summed E-state index contributed by atoms with van der Waals surface area (Å²) in [6.45, 7) is 2.12. The number of benzene rings is 1. The van der Waals surface area contributed by atoms with Gasteiger partial charge >= 0.3 is 0 Å². The van der Waals surface area contributed by atoms with E-state index in [2.05, 4.69) is 11.4 Å².